The molecule has 98 valence electrons. The maximum Gasteiger partial charge on any atom is 0.165 e. The maximum atomic E-state index is 6.07. The van der Waals surface area contributed by atoms with E-state index >= 15 is 0 Å². The quantitative estimate of drug-likeness (QED) is 0.528. The van der Waals surface area contributed by atoms with Crippen LogP contribution in [0.4, 0.5) is 0 Å². The zero-order chi connectivity index (χ0) is 13.5. The van der Waals surface area contributed by atoms with Crippen molar-refractivity contribution in [3.05, 3.63) is 52.3 Å². The Kier molecular flexibility index (Phi) is 2.84. The number of fused-ring (bicyclic) bond motifs is 1. The number of nitrogens with zero attached hydrogens (tertiary/aromatic N) is 3. The summed E-state index contributed by atoms with van der Waals surface area (Å²) < 4.78 is 2.83. The summed E-state index contributed by atoms with van der Waals surface area (Å²) in [5.41, 5.74) is 1.75. The molecule has 0 atom stereocenters. The molecule has 0 spiro atoms. The van der Waals surface area contributed by atoms with Gasteiger partial charge in [-0.15, -0.1) is 22.7 Å². The van der Waals surface area contributed by atoms with Crippen LogP contribution in [0.25, 0.3) is 26.9 Å². The molecule has 0 saturated carbocycles. The van der Waals surface area contributed by atoms with E-state index in [0.717, 1.165) is 31.2 Å². The average Bonchev–Trinajstić information content (AvgIpc) is 3.16. The van der Waals surface area contributed by atoms with Gasteiger partial charge < -0.3 is 0 Å². The van der Waals surface area contributed by atoms with Crippen molar-refractivity contribution in [3.63, 3.8) is 0 Å². The molecular formula is C14H8ClN3S2. The smallest absolute Gasteiger partial charge is 0.165 e. The van der Waals surface area contributed by atoms with Gasteiger partial charge in [0, 0.05) is 6.20 Å². The lowest BCUT2D eigenvalue weighted by Gasteiger charge is -2.03. The first kappa shape index (κ1) is 12.1. The lowest BCUT2D eigenvalue weighted by atomic mass is 10.4. The van der Waals surface area contributed by atoms with Crippen molar-refractivity contribution in [2.75, 3.05) is 0 Å². The van der Waals surface area contributed by atoms with Crippen molar-refractivity contribution < 1.29 is 0 Å². The summed E-state index contributed by atoms with van der Waals surface area (Å²) in [6.45, 7) is 0. The molecule has 4 rings (SSSR count). The van der Waals surface area contributed by atoms with Crippen LogP contribution < -0.4 is 0 Å². The monoisotopic (exact) mass is 317 g/mol. The fourth-order valence-corrected chi connectivity index (χ4v) is 3.86. The van der Waals surface area contributed by atoms with Gasteiger partial charge in [0.05, 0.1) is 9.21 Å². The third-order valence-electron chi connectivity index (χ3n) is 2.94. The van der Waals surface area contributed by atoms with E-state index in [9.17, 15) is 0 Å². The van der Waals surface area contributed by atoms with Crippen LogP contribution in [0.15, 0.2) is 48.0 Å². The first-order chi connectivity index (χ1) is 9.83. The van der Waals surface area contributed by atoms with Gasteiger partial charge in [-0.2, -0.15) is 0 Å². The highest BCUT2D eigenvalue weighted by molar-refractivity contribution is 7.18. The summed E-state index contributed by atoms with van der Waals surface area (Å²) in [6, 6.07) is 11.9. The molecule has 0 amide bonds. The van der Waals surface area contributed by atoms with Crippen LogP contribution in [0.3, 0.4) is 0 Å². The second-order valence-corrected chi connectivity index (χ2v) is 6.81. The molecule has 0 aromatic carbocycles. The van der Waals surface area contributed by atoms with Crippen molar-refractivity contribution in [2.24, 2.45) is 0 Å². The average molecular weight is 318 g/mol. The van der Waals surface area contributed by atoms with E-state index in [1.807, 2.05) is 35.7 Å². The SMILES string of the molecule is Clc1ccc(-n2c(-c3cccs3)nc3cccnc32)s1. The van der Waals surface area contributed by atoms with Crippen molar-refractivity contribution in [3.8, 4) is 15.7 Å². The Bertz CT molecular complexity index is 877. The van der Waals surface area contributed by atoms with Crippen LogP contribution >= 0.6 is 34.3 Å². The molecule has 0 aliphatic rings. The number of hydrogen-bond donors (Lipinski definition) is 0. The van der Waals surface area contributed by atoms with Crippen LogP contribution in [-0.2, 0) is 0 Å². The molecule has 0 unspecified atom stereocenters. The minimum absolute atomic E-state index is 0.759. The van der Waals surface area contributed by atoms with Crippen molar-refractivity contribution >= 4 is 45.4 Å². The van der Waals surface area contributed by atoms with E-state index in [2.05, 4.69) is 15.6 Å². The van der Waals surface area contributed by atoms with Crippen LogP contribution in [0, 0.1) is 0 Å². The highest BCUT2D eigenvalue weighted by atomic mass is 35.5. The Labute approximate surface area is 128 Å². The fourth-order valence-electron chi connectivity index (χ4n) is 2.12. The standard InChI is InChI=1S/C14H8ClN3S2/c15-11-5-6-12(20-11)18-13-9(3-1-7-16-13)17-14(18)10-4-2-8-19-10/h1-8H. The van der Waals surface area contributed by atoms with Gasteiger partial charge in [-0.1, -0.05) is 17.7 Å². The van der Waals surface area contributed by atoms with Crippen LogP contribution in [0.5, 0.6) is 0 Å². The summed E-state index contributed by atoms with van der Waals surface area (Å²) >= 11 is 9.26. The molecule has 0 fully saturated rings. The molecule has 0 N–H and O–H groups in total. The Hall–Kier alpha value is -1.69. The zero-order valence-corrected chi connectivity index (χ0v) is 12.5. The molecule has 4 aromatic rings. The summed E-state index contributed by atoms with van der Waals surface area (Å²) in [5.74, 6) is 0.909. The zero-order valence-electron chi connectivity index (χ0n) is 10.2. The lowest BCUT2D eigenvalue weighted by Crippen LogP contribution is -1.94. The molecule has 4 heterocycles. The van der Waals surface area contributed by atoms with E-state index in [1.165, 1.54) is 11.3 Å². The minimum atomic E-state index is 0.759. The van der Waals surface area contributed by atoms with Gasteiger partial charge in [-0.3, -0.25) is 4.57 Å². The van der Waals surface area contributed by atoms with Crippen molar-refractivity contribution in [1.82, 2.24) is 14.5 Å². The second kappa shape index (κ2) is 4.70. The molecule has 20 heavy (non-hydrogen) atoms. The van der Waals surface area contributed by atoms with Crippen LogP contribution in [0.1, 0.15) is 0 Å². The van der Waals surface area contributed by atoms with Gasteiger partial charge in [0.2, 0.25) is 0 Å². The van der Waals surface area contributed by atoms with Crippen LogP contribution in [0.2, 0.25) is 4.34 Å². The number of pyridine rings is 1. The number of halogens is 1. The highest BCUT2D eigenvalue weighted by Crippen LogP contribution is 2.34. The van der Waals surface area contributed by atoms with E-state index < -0.39 is 0 Å². The van der Waals surface area contributed by atoms with Gasteiger partial charge in [0.25, 0.3) is 0 Å². The van der Waals surface area contributed by atoms with E-state index in [1.54, 1.807) is 17.5 Å². The van der Waals surface area contributed by atoms with Gasteiger partial charge in [0.1, 0.15) is 10.5 Å². The number of aromatic nitrogens is 3. The normalized spacial score (nSPS) is 11.2. The molecule has 0 radical (unpaired) electrons. The Balaban J connectivity index is 2.08. The van der Waals surface area contributed by atoms with Gasteiger partial charge >= 0.3 is 0 Å². The summed E-state index contributed by atoms with van der Waals surface area (Å²) in [5, 5.41) is 3.08. The molecule has 0 aliphatic carbocycles. The Morgan fingerprint density at radius 1 is 1.10 bits per heavy atom. The minimum Gasteiger partial charge on any atom is -0.267 e. The molecular weight excluding hydrogens is 310 g/mol. The lowest BCUT2D eigenvalue weighted by molar-refractivity contribution is 1.11. The number of thiophene rings is 2. The largest absolute Gasteiger partial charge is 0.267 e. The molecule has 4 aromatic heterocycles. The predicted octanol–water partition coefficient (Wildman–Crippen LogP) is 4.86. The maximum absolute atomic E-state index is 6.07. The van der Waals surface area contributed by atoms with E-state index in [-0.39, 0.29) is 0 Å². The molecule has 0 aliphatic heterocycles. The number of hydrogen-bond acceptors (Lipinski definition) is 4. The van der Waals surface area contributed by atoms with Gasteiger partial charge in [-0.25, -0.2) is 9.97 Å². The molecule has 3 nitrogen and oxygen atoms in total. The topological polar surface area (TPSA) is 30.7 Å². The second-order valence-electron chi connectivity index (χ2n) is 4.17. The third kappa shape index (κ3) is 1.86. The van der Waals surface area contributed by atoms with E-state index in [0.29, 0.717) is 0 Å². The number of rotatable bonds is 2. The van der Waals surface area contributed by atoms with Gasteiger partial charge in [-0.05, 0) is 35.7 Å². The van der Waals surface area contributed by atoms with Crippen molar-refractivity contribution in [1.29, 1.82) is 0 Å². The summed E-state index contributed by atoms with van der Waals surface area (Å²) in [4.78, 5) is 10.3. The van der Waals surface area contributed by atoms with Crippen LogP contribution in [-0.4, -0.2) is 14.5 Å². The molecule has 6 heteroatoms. The summed E-state index contributed by atoms with van der Waals surface area (Å²) in [7, 11) is 0. The summed E-state index contributed by atoms with van der Waals surface area (Å²) in [6.07, 6.45) is 1.79. The Morgan fingerprint density at radius 3 is 2.80 bits per heavy atom. The molecule has 0 bridgehead atoms. The van der Waals surface area contributed by atoms with E-state index in [4.69, 9.17) is 16.6 Å². The number of imidazole rings is 1. The molecule has 0 saturated heterocycles. The Morgan fingerprint density at radius 2 is 2.05 bits per heavy atom. The highest BCUT2D eigenvalue weighted by Gasteiger charge is 2.16. The van der Waals surface area contributed by atoms with Crippen molar-refractivity contribution in [2.45, 2.75) is 0 Å². The first-order valence-corrected chi connectivity index (χ1v) is 8.03. The van der Waals surface area contributed by atoms with Gasteiger partial charge in [0.15, 0.2) is 11.5 Å². The first-order valence-electron chi connectivity index (χ1n) is 5.96. The fraction of sp³-hybridized carbons (Fsp3) is 0. The predicted molar refractivity (Wildman–Crippen MR) is 85.1 cm³/mol. The third-order valence-corrected chi connectivity index (χ3v) is 5.02.